The van der Waals surface area contributed by atoms with E-state index in [-0.39, 0.29) is 36.8 Å². The first-order chi connectivity index (χ1) is 17.0. The third kappa shape index (κ3) is 3.67. The van der Waals surface area contributed by atoms with Crippen LogP contribution in [0.25, 0.3) is 0 Å². The fourth-order valence-corrected chi connectivity index (χ4v) is 7.98. The molecular formula is C26H31N3O5S. The second-order valence-electron chi connectivity index (χ2n) is 9.20. The van der Waals surface area contributed by atoms with Crippen molar-refractivity contribution in [2.45, 2.75) is 29.9 Å². The smallest absolute Gasteiger partial charge is 0.311 e. The van der Waals surface area contributed by atoms with Crippen molar-refractivity contribution < 1.29 is 24.2 Å². The molecule has 1 spiro atoms. The quantitative estimate of drug-likeness (QED) is 0.474. The van der Waals surface area contributed by atoms with E-state index >= 15 is 0 Å². The number of aliphatic hydroxyl groups excluding tert-OH is 1. The zero-order chi connectivity index (χ0) is 24.7. The maximum atomic E-state index is 14.1. The number of carbonyl (C=O) groups excluding carboxylic acids is 3. The van der Waals surface area contributed by atoms with E-state index in [0.29, 0.717) is 6.54 Å². The molecule has 35 heavy (non-hydrogen) atoms. The number of fused-ring (bicyclic) bond motifs is 2. The number of esters is 1. The fraction of sp³-hybridized carbons (Fsp3) is 0.500. The number of carbonyl (C=O) groups is 3. The second kappa shape index (κ2) is 9.35. The number of hydrogen-bond acceptors (Lipinski definition) is 7. The zero-order valence-electron chi connectivity index (χ0n) is 20.0. The molecule has 0 saturated carbocycles. The molecule has 0 bridgehead atoms. The van der Waals surface area contributed by atoms with Crippen LogP contribution in [0, 0.1) is 11.8 Å². The van der Waals surface area contributed by atoms with Gasteiger partial charge in [0.25, 0.3) is 5.91 Å². The van der Waals surface area contributed by atoms with Gasteiger partial charge in [-0.3, -0.25) is 14.4 Å². The minimum Gasteiger partial charge on any atom is -0.461 e. The SMILES string of the molecule is CCN(CC)c1ccc(N2CC=C[C@]34S[C@H]5C=CCOC(=O)[C@H]5[C@H]3C(=O)N(CCO)C4C2=O)cc1. The lowest BCUT2D eigenvalue weighted by Gasteiger charge is -2.35. The number of β-amino-alcohol motifs (C(OH)–C–C–N with tert-alkyl or cyclic N) is 1. The minimum atomic E-state index is -0.894. The predicted molar refractivity (Wildman–Crippen MR) is 135 cm³/mol. The number of aliphatic hydroxyl groups is 1. The van der Waals surface area contributed by atoms with Gasteiger partial charge in [0.2, 0.25) is 5.91 Å². The van der Waals surface area contributed by atoms with Gasteiger partial charge in [0.05, 0.1) is 23.2 Å². The summed E-state index contributed by atoms with van der Waals surface area (Å²) >= 11 is 1.50. The summed E-state index contributed by atoms with van der Waals surface area (Å²) in [5.41, 5.74) is 1.84. The molecule has 2 saturated heterocycles. The molecular weight excluding hydrogens is 466 g/mol. The molecule has 0 aliphatic carbocycles. The number of anilines is 2. The number of likely N-dealkylation sites (tertiary alicyclic amines) is 1. The number of cyclic esters (lactones) is 1. The Labute approximate surface area is 209 Å². The summed E-state index contributed by atoms with van der Waals surface area (Å²) in [6.07, 6.45) is 7.64. The zero-order valence-corrected chi connectivity index (χ0v) is 20.8. The van der Waals surface area contributed by atoms with Gasteiger partial charge < -0.3 is 24.5 Å². The van der Waals surface area contributed by atoms with Gasteiger partial charge in [-0.2, -0.15) is 0 Å². The van der Waals surface area contributed by atoms with Crippen LogP contribution in [0.4, 0.5) is 11.4 Å². The minimum absolute atomic E-state index is 0.0406. The summed E-state index contributed by atoms with van der Waals surface area (Å²) in [6, 6.07) is 7.09. The standard InChI is InChI=1S/C26H31N3O5S/c1-3-27(4-2)17-8-10-18(11-9-17)28-13-6-12-26-21(20-19(35-26)7-5-16-34-25(20)33)23(31)29(14-15-30)22(26)24(28)32/h5-12,19-22,30H,3-4,13-16H2,1-2H3/t19-,20+,21-,22?,26-/m0/s1. The highest BCUT2D eigenvalue weighted by Crippen LogP contribution is 2.60. The van der Waals surface area contributed by atoms with Crippen LogP contribution in [0.2, 0.25) is 0 Å². The molecule has 5 atom stereocenters. The van der Waals surface area contributed by atoms with Gasteiger partial charge in [-0.15, -0.1) is 11.8 Å². The lowest BCUT2D eigenvalue weighted by molar-refractivity contribution is -0.151. The lowest BCUT2D eigenvalue weighted by Crippen LogP contribution is -2.53. The van der Waals surface area contributed by atoms with Crippen LogP contribution < -0.4 is 9.80 Å². The van der Waals surface area contributed by atoms with E-state index in [1.165, 1.54) is 16.7 Å². The van der Waals surface area contributed by atoms with Crippen LogP contribution in [0.3, 0.4) is 0 Å². The molecule has 186 valence electrons. The van der Waals surface area contributed by atoms with Crippen molar-refractivity contribution in [2.75, 3.05) is 49.2 Å². The summed E-state index contributed by atoms with van der Waals surface area (Å²) < 4.78 is 4.47. The summed E-state index contributed by atoms with van der Waals surface area (Å²) in [7, 11) is 0. The van der Waals surface area contributed by atoms with E-state index in [2.05, 4.69) is 18.7 Å². The predicted octanol–water partition coefficient (Wildman–Crippen LogP) is 1.84. The summed E-state index contributed by atoms with van der Waals surface area (Å²) in [4.78, 5) is 46.1. The first kappa shape index (κ1) is 23.9. The highest BCUT2D eigenvalue weighted by molar-refractivity contribution is 8.02. The maximum absolute atomic E-state index is 14.1. The summed E-state index contributed by atoms with van der Waals surface area (Å²) in [5, 5.41) is 9.50. The Hall–Kier alpha value is -2.78. The molecule has 0 aromatic heterocycles. The molecule has 8 nitrogen and oxygen atoms in total. The number of thioether (sulfide) groups is 1. The number of benzene rings is 1. The van der Waals surface area contributed by atoms with Gasteiger partial charge in [0.15, 0.2) is 0 Å². The Morgan fingerprint density at radius 2 is 1.86 bits per heavy atom. The molecule has 4 aliphatic heterocycles. The molecule has 2 fully saturated rings. The Morgan fingerprint density at radius 1 is 1.11 bits per heavy atom. The number of hydrogen-bond donors (Lipinski definition) is 1. The first-order valence-electron chi connectivity index (χ1n) is 12.2. The summed E-state index contributed by atoms with van der Waals surface area (Å²) in [6.45, 7) is 6.33. The van der Waals surface area contributed by atoms with Crippen molar-refractivity contribution in [3.63, 3.8) is 0 Å². The van der Waals surface area contributed by atoms with Crippen molar-refractivity contribution in [3.05, 3.63) is 48.6 Å². The molecule has 1 aromatic rings. The highest BCUT2D eigenvalue weighted by atomic mass is 32.2. The molecule has 2 amide bonds. The van der Waals surface area contributed by atoms with Crippen LogP contribution >= 0.6 is 11.8 Å². The van der Waals surface area contributed by atoms with Crippen molar-refractivity contribution in [1.82, 2.24) is 4.90 Å². The average Bonchev–Trinajstić information content (AvgIpc) is 3.15. The van der Waals surface area contributed by atoms with Crippen LogP contribution in [-0.2, 0) is 19.1 Å². The van der Waals surface area contributed by atoms with E-state index in [1.807, 2.05) is 48.6 Å². The lowest BCUT2D eigenvalue weighted by atomic mass is 9.78. The maximum Gasteiger partial charge on any atom is 0.311 e. The van der Waals surface area contributed by atoms with E-state index in [4.69, 9.17) is 4.74 Å². The van der Waals surface area contributed by atoms with Crippen LogP contribution in [-0.4, -0.2) is 83.2 Å². The van der Waals surface area contributed by atoms with Gasteiger partial charge >= 0.3 is 5.97 Å². The molecule has 1 unspecified atom stereocenters. The molecule has 1 N–H and O–H groups in total. The van der Waals surface area contributed by atoms with Gasteiger partial charge in [-0.25, -0.2) is 0 Å². The Kier molecular flexibility index (Phi) is 6.40. The topological polar surface area (TPSA) is 90.4 Å². The fourth-order valence-electron chi connectivity index (χ4n) is 5.98. The van der Waals surface area contributed by atoms with Crippen molar-refractivity contribution in [1.29, 1.82) is 0 Å². The average molecular weight is 498 g/mol. The van der Waals surface area contributed by atoms with Crippen LogP contribution in [0.1, 0.15) is 13.8 Å². The van der Waals surface area contributed by atoms with Gasteiger partial charge in [-0.1, -0.05) is 24.3 Å². The van der Waals surface area contributed by atoms with E-state index in [0.717, 1.165) is 24.5 Å². The Balaban J connectivity index is 1.54. The number of ether oxygens (including phenoxy) is 1. The van der Waals surface area contributed by atoms with E-state index in [1.54, 1.807) is 4.90 Å². The number of nitrogens with zero attached hydrogens (tertiary/aromatic N) is 3. The van der Waals surface area contributed by atoms with E-state index < -0.39 is 28.6 Å². The number of amides is 2. The van der Waals surface area contributed by atoms with Crippen molar-refractivity contribution in [3.8, 4) is 0 Å². The van der Waals surface area contributed by atoms with Crippen LogP contribution in [0.5, 0.6) is 0 Å². The van der Waals surface area contributed by atoms with Gasteiger partial charge in [-0.05, 0) is 38.1 Å². The largest absolute Gasteiger partial charge is 0.461 e. The van der Waals surface area contributed by atoms with Gasteiger partial charge in [0, 0.05) is 42.8 Å². The third-order valence-electron chi connectivity index (χ3n) is 7.54. The first-order valence-corrected chi connectivity index (χ1v) is 13.1. The molecule has 4 heterocycles. The number of rotatable bonds is 6. The van der Waals surface area contributed by atoms with E-state index in [9.17, 15) is 19.5 Å². The van der Waals surface area contributed by atoms with Gasteiger partial charge in [0.1, 0.15) is 12.6 Å². The molecule has 9 heteroatoms. The molecule has 5 rings (SSSR count). The van der Waals surface area contributed by atoms with Crippen LogP contribution in [0.15, 0.2) is 48.6 Å². The molecule has 4 aliphatic rings. The second-order valence-corrected chi connectivity index (χ2v) is 10.7. The third-order valence-corrected chi connectivity index (χ3v) is 9.29. The Morgan fingerprint density at radius 3 is 2.54 bits per heavy atom. The summed E-state index contributed by atoms with van der Waals surface area (Å²) in [5.74, 6) is -2.24. The molecule has 0 radical (unpaired) electrons. The molecule has 1 aromatic carbocycles. The Bertz CT molecular complexity index is 1070. The highest BCUT2D eigenvalue weighted by Gasteiger charge is 2.71. The monoisotopic (exact) mass is 497 g/mol. The van der Waals surface area contributed by atoms with Crippen molar-refractivity contribution in [2.24, 2.45) is 11.8 Å². The normalized spacial score (nSPS) is 31.6. The van der Waals surface area contributed by atoms with Crippen molar-refractivity contribution >= 4 is 40.9 Å².